The fraction of sp³-hybridized carbons (Fsp3) is 0.286. The molecule has 0 amide bonds. The number of aromatic amines is 1. The summed E-state index contributed by atoms with van der Waals surface area (Å²) in [4.78, 5) is 8.79. The van der Waals surface area contributed by atoms with Crippen LogP contribution in [0.2, 0.25) is 0 Å². The Morgan fingerprint density at radius 2 is 2.03 bits per heavy atom. The summed E-state index contributed by atoms with van der Waals surface area (Å²) in [5.41, 5.74) is 2.17. The number of fused-ring (bicyclic) bond motifs is 1. The monoisotopic (exact) mass is 392 g/mol. The highest BCUT2D eigenvalue weighted by atomic mass is 16.5. The molecule has 2 aromatic carbocycles. The van der Waals surface area contributed by atoms with Gasteiger partial charge in [-0.25, -0.2) is 4.98 Å². The largest absolute Gasteiger partial charge is 0.497 e. The molecule has 0 spiro atoms. The molecule has 1 atom stereocenters. The fourth-order valence-electron chi connectivity index (χ4n) is 3.21. The van der Waals surface area contributed by atoms with Crippen molar-refractivity contribution >= 4 is 5.96 Å². The first-order valence-electron chi connectivity index (χ1n) is 9.50. The van der Waals surface area contributed by atoms with Crippen LogP contribution in [0, 0.1) is 0 Å². The van der Waals surface area contributed by atoms with E-state index in [0.29, 0.717) is 24.9 Å². The van der Waals surface area contributed by atoms with Crippen LogP contribution < -0.4 is 20.1 Å². The molecule has 0 bridgehead atoms. The second-order valence-electron chi connectivity index (χ2n) is 6.69. The van der Waals surface area contributed by atoms with Crippen molar-refractivity contribution in [1.29, 1.82) is 0 Å². The van der Waals surface area contributed by atoms with Crippen LogP contribution in [0.3, 0.4) is 0 Å². The molecule has 1 aromatic heterocycles. The van der Waals surface area contributed by atoms with Crippen molar-refractivity contribution in [3.8, 4) is 22.9 Å². The number of hydrogen-bond donors (Lipinski definition) is 3. The van der Waals surface area contributed by atoms with Crippen LogP contribution >= 0.6 is 0 Å². The summed E-state index contributed by atoms with van der Waals surface area (Å²) in [5.74, 6) is 3.82. The number of ether oxygens (including phenoxy) is 2. The van der Waals surface area contributed by atoms with Crippen molar-refractivity contribution in [1.82, 2.24) is 25.8 Å². The topological polar surface area (TPSA) is 96.5 Å². The molecule has 8 heteroatoms. The zero-order chi connectivity index (χ0) is 20.1. The lowest BCUT2D eigenvalue weighted by atomic mass is 10.1. The molecule has 1 unspecified atom stereocenters. The van der Waals surface area contributed by atoms with Crippen LogP contribution in [0.5, 0.6) is 11.5 Å². The molecule has 3 aromatic rings. The minimum Gasteiger partial charge on any atom is -0.497 e. The minimum atomic E-state index is 0.0953. The second kappa shape index (κ2) is 8.64. The van der Waals surface area contributed by atoms with E-state index < -0.39 is 0 Å². The molecule has 3 N–H and O–H groups in total. The van der Waals surface area contributed by atoms with Gasteiger partial charge in [0.1, 0.15) is 23.4 Å². The molecule has 29 heavy (non-hydrogen) atoms. The number of para-hydroxylation sites is 1. The maximum absolute atomic E-state index is 5.95. The summed E-state index contributed by atoms with van der Waals surface area (Å²) in [6.07, 6.45) is 0.992. The fourth-order valence-corrected chi connectivity index (χ4v) is 3.21. The zero-order valence-corrected chi connectivity index (χ0v) is 16.5. The third-order valence-corrected chi connectivity index (χ3v) is 4.74. The van der Waals surface area contributed by atoms with Gasteiger partial charge in [-0.15, -0.1) is 0 Å². The molecule has 0 radical (unpaired) electrons. The molecule has 4 rings (SSSR count). The van der Waals surface area contributed by atoms with Crippen LogP contribution in [0.1, 0.15) is 11.4 Å². The lowest BCUT2D eigenvalue weighted by Crippen LogP contribution is -2.42. The number of nitrogens with one attached hydrogen (secondary N) is 3. The van der Waals surface area contributed by atoms with Crippen molar-refractivity contribution < 1.29 is 9.47 Å². The van der Waals surface area contributed by atoms with E-state index in [4.69, 9.17) is 9.47 Å². The molecule has 0 aliphatic carbocycles. The predicted octanol–water partition coefficient (Wildman–Crippen LogP) is 2.15. The summed E-state index contributed by atoms with van der Waals surface area (Å²) < 4.78 is 11.1. The van der Waals surface area contributed by atoms with Crippen molar-refractivity contribution in [3.05, 3.63) is 59.9 Å². The average Bonchev–Trinajstić information content (AvgIpc) is 3.40. The van der Waals surface area contributed by atoms with E-state index in [1.807, 2.05) is 42.5 Å². The van der Waals surface area contributed by atoms with E-state index in [1.165, 1.54) is 5.56 Å². The molecule has 1 aliphatic rings. The molecule has 8 nitrogen and oxygen atoms in total. The van der Waals surface area contributed by atoms with E-state index in [-0.39, 0.29) is 6.10 Å². The van der Waals surface area contributed by atoms with E-state index >= 15 is 0 Å². The van der Waals surface area contributed by atoms with Crippen LogP contribution in [-0.2, 0) is 13.0 Å². The highest BCUT2D eigenvalue weighted by molar-refractivity contribution is 5.79. The van der Waals surface area contributed by atoms with Crippen LogP contribution in [0.25, 0.3) is 11.4 Å². The van der Waals surface area contributed by atoms with Crippen molar-refractivity contribution in [3.63, 3.8) is 0 Å². The first-order chi connectivity index (χ1) is 14.2. The Hall–Kier alpha value is -3.55. The molecular formula is C21H24N6O2. The van der Waals surface area contributed by atoms with Gasteiger partial charge in [0, 0.05) is 19.0 Å². The number of rotatable bonds is 6. The Balaban J connectivity index is 1.27. The number of guanidine groups is 1. The smallest absolute Gasteiger partial charge is 0.191 e. The number of hydrogen-bond acceptors (Lipinski definition) is 5. The normalized spacial score (nSPS) is 15.5. The summed E-state index contributed by atoms with van der Waals surface area (Å²) in [6, 6.07) is 15.8. The number of methoxy groups -OCH3 is 1. The SMILES string of the molecule is CN=C(NCc1nc(-c2ccc(OC)cc2)n[nH]1)NCC1Cc2ccccc2O1. The third-order valence-electron chi connectivity index (χ3n) is 4.74. The van der Waals surface area contributed by atoms with Gasteiger partial charge in [-0.3, -0.25) is 10.1 Å². The summed E-state index contributed by atoms with van der Waals surface area (Å²) in [6.45, 7) is 1.15. The Kier molecular flexibility index (Phi) is 5.60. The molecule has 0 fully saturated rings. The number of benzene rings is 2. The Bertz CT molecular complexity index is 958. The highest BCUT2D eigenvalue weighted by Gasteiger charge is 2.22. The first-order valence-corrected chi connectivity index (χ1v) is 9.50. The van der Waals surface area contributed by atoms with Gasteiger partial charge in [0.05, 0.1) is 20.2 Å². The standard InChI is InChI=1S/C21H24N6O2/c1-22-21(23-12-17-11-15-5-3-4-6-18(15)29-17)24-13-19-25-20(27-26-19)14-7-9-16(28-2)10-8-14/h3-10,17H,11-13H2,1-2H3,(H2,22,23,24)(H,25,26,27). The van der Waals surface area contributed by atoms with E-state index in [2.05, 4.69) is 36.9 Å². The van der Waals surface area contributed by atoms with Gasteiger partial charge < -0.3 is 20.1 Å². The Morgan fingerprint density at radius 1 is 1.21 bits per heavy atom. The second-order valence-corrected chi connectivity index (χ2v) is 6.69. The van der Waals surface area contributed by atoms with Crippen molar-refractivity contribution in [2.45, 2.75) is 19.1 Å². The van der Waals surface area contributed by atoms with Gasteiger partial charge in [-0.1, -0.05) is 18.2 Å². The minimum absolute atomic E-state index is 0.0953. The van der Waals surface area contributed by atoms with Crippen LogP contribution in [0.15, 0.2) is 53.5 Å². The van der Waals surface area contributed by atoms with E-state index in [1.54, 1.807) is 14.2 Å². The van der Waals surface area contributed by atoms with Crippen molar-refractivity contribution in [2.75, 3.05) is 20.7 Å². The van der Waals surface area contributed by atoms with E-state index in [9.17, 15) is 0 Å². The highest BCUT2D eigenvalue weighted by Crippen LogP contribution is 2.27. The molecular weight excluding hydrogens is 368 g/mol. The predicted molar refractivity (Wildman–Crippen MR) is 111 cm³/mol. The molecule has 2 heterocycles. The third kappa shape index (κ3) is 4.48. The maximum Gasteiger partial charge on any atom is 0.191 e. The van der Waals surface area contributed by atoms with Gasteiger partial charge in [0.25, 0.3) is 0 Å². The van der Waals surface area contributed by atoms with Gasteiger partial charge in [0.2, 0.25) is 0 Å². The molecule has 0 saturated carbocycles. The lowest BCUT2D eigenvalue weighted by Gasteiger charge is -2.15. The average molecular weight is 392 g/mol. The molecule has 150 valence electrons. The van der Waals surface area contributed by atoms with Gasteiger partial charge in [0.15, 0.2) is 11.8 Å². The quantitative estimate of drug-likeness (QED) is 0.439. The number of aromatic nitrogens is 3. The maximum atomic E-state index is 5.95. The van der Waals surface area contributed by atoms with Crippen LogP contribution in [-0.4, -0.2) is 47.9 Å². The molecule has 0 saturated heterocycles. The Labute approximate surface area is 169 Å². The number of nitrogens with zero attached hydrogens (tertiary/aromatic N) is 3. The number of H-pyrrole nitrogens is 1. The first kappa shape index (κ1) is 18.8. The van der Waals surface area contributed by atoms with Gasteiger partial charge in [-0.2, -0.15) is 5.10 Å². The summed E-state index contributed by atoms with van der Waals surface area (Å²) in [7, 11) is 3.38. The van der Waals surface area contributed by atoms with Crippen LogP contribution in [0.4, 0.5) is 0 Å². The molecule has 1 aliphatic heterocycles. The van der Waals surface area contributed by atoms with E-state index in [0.717, 1.165) is 29.3 Å². The van der Waals surface area contributed by atoms with Gasteiger partial charge in [-0.05, 0) is 35.9 Å². The number of aliphatic imine (C=N–C) groups is 1. The summed E-state index contributed by atoms with van der Waals surface area (Å²) in [5, 5.41) is 13.8. The Morgan fingerprint density at radius 3 is 2.79 bits per heavy atom. The summed E-state index contributed by atoms with van der Waals surface area (Å²) >= 11 is 0. The van der Waals surface area contributed by atoms with Gasteiger partial charge >= 0.3 is 0 Å². The zero-order valence-electron chi connectivity index (χ0n) is 16.5. The van der Waals surface area contributed by atoms with Crippen molar-refractivity contribution in [2.24, 2.45) is 4.99 Å². The lowest BCUT2D eigenvalue weighted by molar-refractivity contribution is 0.235.